The van der Waals surface area contributed by atoms with Gasteiger partial charge in [-0.3, -0.25) is 14.3 Å². The molecular formula is C22H24N2O4. The van der Waals surface area contributed by atoms with Gasteiger partial charge in [-0.15, -0.1) is 0 Å². The molecule has 0 amide bonds. The van der Waals surface area contributed by atoms with Gasteiger partial charge in [0, 0.05) is 24.2 Å². The van der Waals surface area contributed by atoms with Gasteiger partial charge in [-0.2, -0.15) is 0 Å². The first-order chi connectivity index (χ1) is 13.5. The van der Waals surface area contributed by atoms with Gasteiger partial charge in [0.1, 0.15) is 5.75 Å². The van der Waals surface area contributed by atoms with E-state index in [1.807, 2.05) is 0 Å². The zero-order valence-corrected chi connectivity index (χ0v) is 16.2. The van der Waals surface area contributed by atoms with Crippen molar-refractivity contribution in [2.45, 2.75) is 26.4 Å². The number of oxazole rings is 1. The second-order valence-corrected chi connectivity index (χ2v) is 7.48. The maximum atomic E-state index is 12.8. The van der Waals surface area contributed by atoms with E-state index in [2.05, 4.69) is 11.8 Å². The summed E-state index contributed by atoms with van der Waals surface area (Å²) in [7, 11) is 1.59. The molecule has 0 N–H and O–H groups in total. The molecular weight excluding hydrogens is 356 g/mol. The van der Waals surface area contributed by atoms with Crippen molar-refractivity contribution in [1.82, 2.24) is 9.47 Å². The third-order valence-corrected chi connectivity index (χ3v) is 5.50. The largest absolute Gasteiger partial charge is 0.497 e. The first-order valence-corrected chi connectivity index (χ1v) is 9.59. The van der Waals surface area contributed by atoms with Crippen LogP contribution in [0.1, 0.15) is 35.7 Å². The van der Waals surface area contributed by atoms with E-state index in [0.29, 0.717) is 29.1 Å². The van der Waals surface area contributed by atoms with Crippen molar-refractivity contribution in [3.05, 3.63) is 64.1 Å². The molecule has 28 heavy (non-hydrogen) atoms. The van der Waals surface area contributed by atoms with Crippen LogP contribution in [0, 0.1) is 5.92 Å². The van der Waals surface area contributed by atoms with Crippen LogP contribution >= 0.6 is 0 Å². The van der Waals surface area contributed by atoms with Crippen LogP contribution < -0.4 is 10.5 Å². The maximum Gasteiger partial charge on any atom is 0.421 e. The Morgan fingerprint density at radius 3 is 2.46 bits per heavy atom. The lowest BCUT2D eigenvalue weighted by molar-refractivity contribution is 0.103. The van der Waals surface area contributed by atoms with Gasteiger partial charge >= 0.3 is 5.76 Å². The first kappa shape index (κ1) is 18.5. The molecule has 0 atom stereocenters. The van der Waals surface area contributed by atoms with Gasteiger partial charge in [-0.1, -0.05) is 6.92 Å². The van der Waals surface area contributed by atoms with E-state index in [-0.39, 0.29) is 11.5 Å². The number of hydrogen-bond donors (Lipinski definition) is 0. The van der Waals surface area contributed by atoms with Crippen LogP contribution in [0.2, 0.25) is 0 Å². The Morgan fingerprint density at radius 1 is 1.11 bits per heavy atom. The van der Waals surface area contributed by atoms with E-state index >= 15 is 0 Å². The van der Waals surface area contributed by atoms with Gasteiger partial charge in [0.05, 0.1) is 19.3 Å². The van der Waals surface area contributed by atoms with Gasteiger partial charge in [-0.25, -0.2) is 4.79 Å². The van der Waals surface area contributed by atoms with Gasteiger partial charge in [-0.05, 0) is 61.2 Å². The predicted octanol–water partition coefficient (Wildman–Crippen LogP) is 3.52. The van der Waals surface area contributed by atoms with Gasteiger partial charge < -0.3 is 9.15 Å². The number of nitrogens with zero attached hydrogens (tertiary/aromatic N) is 2. The lowest BCUT2D eigenvalue weighted by Gasteiger charge is -2.29. The molecule has 1 aromatic heterocycles. The molecule has 0 saturated carbocycles. The van der Waals surface area contributed by atoms with Crippen LogP contribution in [0.5, 0.6) is 5.75 Å². The summed E-state index contributed by atoms with van der Waals surface area (Å²) in [5, 5.41) is 0. The van der Waals surface area contributed by atoms with E-state index < -0.39 is 0 Å². The van der Waals surface area contributed by atoms with E-state index in [1.54, 1.807) is 54.1 Å². The standard InChI is InChI=1S/C22H24N2O4/c1-15-9-11-23(12-10-15)14-24-19-8-5-17(13-20(19)28-22(24)26)21(25)16-3-6-18(27-2)7-4-16/h3-8,13,15H,9-12,14H2,1-2H3. The number of carbonyl (C=O) groups excluding carboxylic acids is 1. The minimum absolute atomic E-state index is 0.120. The first-order valence-electron chi connectivity index (χ1n) is 9.59. The van der Waals surface area contributed by atoms with Crippen molar-refractivity contribution in [3.8, 4) is 5.75 Å². The van der Waals surface area contributed by atoms with Crippen LogP contribution in [0.4, 0.5) is 0 Å². The second kappa shape index (κ2) is 7.64. The highest BCUT2D eigenvalue weighted by Gasteiger charge is 2.19. The number of piperidine rings is 1. The third kappa shape index (κ3) is 3.60. The summed E-state index contributed by atoms with van der Waals surface area (Å²) in [4.78, 5) is 27.4. The summed E-state index contributed by atoms with van der Waals surface area (Å²) in [6, 6.07) is 12.2. The highest BCUT2D eigenvalue weighted by atomic mass is 16.5. The molecule has 0 spiro atoms. The molecule has 1 fully saturated rings. The molecule has 0 bridgehead atoms. The fourth-order valence-electron chi connectivity index (χ4n) is 3.65. The molecule has 0 unspecified atom stereocenters. The van der Waals surface area contributed by atoms with Crippen molar-refractivity contribution < 1.29 is 13.9 Å². The number of hydrogen-bond acceptors (Lipinski definition) is 5. The molecule has 2 aromatic carbocycles. The lowest BCUT2D eigenvalue weighted by atomic mass is 10.00. The molecule has 1 aliphatic rings. The highest BCUT2D eigenvalue weighted by molar-refractivity contribution is 6.10. The summed E-state index contributed by atoms with van der Waals surface area (Å²) in [6.07, 6.45) is 2.29. The van der Waals surface area contributed by atoms with Crippen LogP contribution in [0.15, 0.2) is 51.7 Å². The molecule has 3 aromatic rings. The number of aromatic nitrogens is 1. The topological polar surface area (TPSA) is 64.7 Å². The number of ether oxygens (including phenoxy) is 1. The smallest absolute Gasteiger partial charge is 0.421 e. The molecule has 6 nitrogen and oxygen atoms in total. The zero-order chi connectivity index (χ0) is 19.7. The number of likely N-dealkylation sites (tertiary alicyclic amines) is 1. The molecule has 1 aliphatic heterocycles. The van der Waals surface area contributed by atoms with Crippen molar-refractivity contribution in [2.24, 2.45) is 5.92 Å². The Kier molecular flexibility index (Phi) is 5.05. The average Bonchev–Trinajstić information content (AvgIpc) is 3.03. The van der Waals surface area contributed by atoms with Gasteiger partial charge in [0.25, 0.3) is 0 Å². The molecule has 6 heteroatoms. The summed E-state index contributed by atoms with van der Waals surface area (Å²) < 4.78 is 12.2. The highest BCUT2D eigenvalue weighted by Crippen LogP contribution is 2.21. The quantitative estimate of drug-likeness (QED) is 0.634. The van der Waals surface area contributed by atoms with E-state index in [9.17, 15) is 9.59 Å². The normalized spacial score (nSPS) is 15.8. The number of methoxy groups -OCH3 is 1. The number of ketones is 1. The Morgan fingerprint density at radius 2 is 1.79 bits per heavy atom. The number of carbonyl (C=O) groups is 1. The lowest BCUT2D eigenvalue weighted by Crippen LogP contribution is -2.36. The number of rotatable bonds is 5. The zero-order valence-electron chi connectivity index (χ0n) is 16.2. The van der Waals surface area contributed by atoms with Crippen LogP contribution in [-0.4, -0.2) is 35.4 Å². The van der Waals surface area contributed by atoms with Crippen LogP contribution in [0.3, 0.4) is 0 Å². The molecule has 0 aliphatic carbocycles. The molecule has 4 rings (SSSR count). The monoisotopic (exact) mass is 380 g/mol. The number of fused-ring (bicyclic) bond motifs is 1. The van der Waals surface area contributed by atoms with E-state index in [4.69, 9.17) is 9.15 Å². The molecule has 0 radical (unpaired) electrons. The van der Waals surface area contributed by atoms with Crippen LogP contribution in [-0.2, 0) is 6.67 Å². The summed E-state index contributed by atoms with van der Waals surface area (Å²) >= 11 is 0. The van der Waals surface area contributed by atoms with Crippen molar-refractivity contribution >= 4 is 16.9 Å². The Bertz CT molecular complexity index is 1040. The maximum absolute atomic E-state index is 12.8. The summed E-state index contributed by atoms with van der Waals surface area (Å²) in [6.45, 7) is 4.74. The second-order valence-electron chi connectivity index (χ2n) is 7.48. The van der Waals surface area contributed by atoms with Crippen molar-refractivity contribution in [1.29, 1.82) is 0 Å². The van der Waals surface area contributed by atoms with Crippen molar-refractivity contribution in [3.63, 3.8) is 0 Å². The van der Waals surface area contributed by atoms with Crippen molar-refractivity contribution in [2.75, 3.05) is 20.2 Å². The fraction of sp³-hybridized carbons (Fsp3) is 0.364. The molecule has 146 valence electrons. The predicted molar refractivity (Wildman–Crippen MR) is 107 cm³/mol. The third-order valence-electron chi connectivity index (χ3n) is 5.50. The summed E-state index contributed by atoms with van der Waals surface area (Å²) in [5.41, 5.74) is 2.21. The number of benzene rings is 2. The SMILES string of the molecule is COc1ccc(C(=O)c2ccc3c(c2)oc(=O)n3CN2CCC(C)CC2)cc1. The molecule has 1 saturated heterocycles. The van der Waals surface area contributed by atoms with Gasteiger partial charge in [0.15, 0.2) is 11.4 Å². The van der Waals surface area contributed by atoms with Crippen LogP contribution in [0.25, 0.3) is 11.1 Å². The molecule has 2 heterocycles. The van der Waals surface area contributed by atoms with Gasteiger partial charge in [0.2, 0.25) is 0 Å². The van der Waals surface area contributed by atoms with E-state index in [1.165, 1.54) is 0 Å². The Labute approximate surface area is 163 Å². The minimum atomic E-state index is -0.386. The Hall–Kier alpha value is -2.86. The summed E-state index contributed by atoms with van der Waals surface area (Å²) in [5.74, 6) is 0.926. The fourth-order valence-corrected chi connectivity index (χ4v) is 3.65. The Balaban J connectivity index is 1.59. The van der Waals surface area contributed by atoms with E-state index in [0.717, 1.165) is 37.4 Å². The average molecular weight is 380 g/mol. The minimum Gasteiger partial charge on any atom is -0.497 e.